The number of carbonyl (C=O) groups excluding carboxylic acids is 2. The van der Waals surface area contributed by atoms with Crippen molar-refractivity contribution in [2.24, 2.45) is 5.92 Å². The van der Waals surface area contributed by atoms with E-state index in [1.807, 2.05) is 24.0 Å². The molecule has 0 aromatic heterocycles. The van der Waals surface area contributed by atoms with Crippen molar-refractivity contribution in [1.82, 2.24) is 15.5 Å². The highest BCUT2D eigenvalue weighted by Gasteiger charge is 2.29. The quantitative estimate of drug-likeness (QED) is 0.821. The Morgan fingerprint density at radius 3 is 2.76 bits per heavy atom. The van der Waals surface area contributed by atoms with Gasteiger partial charge in [-0.15, -0.1) is 0 Å². The number of nitrogens with zero attached hydrogens (tertiary/aromatic N) is 1. The van der Waals surface area contributed by atoms with Crippen LogP contribution < -0.4 is 10.6 Å². The highest BCUT2D eigenvalue weighted by molar-refractivity contribution is 5.87. The van der Waals surface area contributed by atoms with Crippen LogP contribution in [0.3, 0.4) is 0 Å². The zero-order valence-corrected chi connectivity index (χ0v) is 17.2. The standard InChI is InChI=1S/C24H31N3O2/c1-17(20-11-10-19-7-2-3-8-21(19)14-20)24(29)27-13-5-6-18(16-27)15-26-23(28)22-9-4-12-25-22/h2-3,7-8,10-11,14,17-18,22,25H,4-6,9,12-13,15-16H2,1H3,(H,26,28). The number of rotatable bonds is 5. The maximum Gasteiger partial charge on any atom is 0.237 e. The highest BCUT2D eigenvalue weighted by atomic mass is 16.2. The monoisotopic (exact) mass is 393 g/mol. The second-order valence-electron chi connectivity index (χ2n) is 8.51. The molecule has 2 fully saturated rings. The molecule has 29 heavy (non-hydrogen) atoms. The molecule has 0 saturated carbocycles. The van der Waals surface area contributed by atoms with Crippen molar-refractivity contribution in [3.05, 3.63) is 48.0 Å². The molecule has 2 amide bonds. The minimum absolute atomic E-state index is 0.0377. The number of benzene rings is 2. The fourth-order valence-corrected chi connectivity index (χ4v) is 4.60. The van der Waals surface area contributed by atoms with Gasteiger partial charge in [0.15, 0.2) is 0 Å². The minimum Gasteiger partial charge on any atom is -0.354 e. The van der Waals surface area contributed by atoms with Gasteiger partial charge in [0.1, 0.15) is 0 Å². The summed E-state index contributed by atoms with van der Waals surface area (Å²) in [5.41, 5.74) is 1.07. The van der Waals surface area contributed by atoms with E-state index >= 15 is 0 Å². The van der Waals surface area contributed by atoms with Crippen LogP contribution in [0.5, 0.6) is 0 Å². The molecule has 0 bridgehead atoms. The van der Waals surface area contributed by atoms with Crippen molar-refractivity contribution in [2.45, 2.75) is 44.6 Å². The van der Waals surface area contributed by atoms with Crippen LogP contribution in [-0.4, -0.2) is 48.9 Å². The molecule has 0 aliphatic carbocycles. The molecule has 5 heteroatoms. The molecule has 154 valence electrons. The Balaban J connectivity index is 1.35. The summed E-state index contributed by atoms with van der Waals surface area (Å²) in [5, 5.41) is 8.70. The molecule has 3 unspecified atom stereocenters. The first kappa shape index (κ1) is 19.9. The number of nitrogens with one attached hydrogen (secondary N) is 2. The van der Waals surface area contributed by atoms with Crippen LogP contribution in [0.25, 0.3) is 10.8 Å². The Morgan fingerprint density at radius 1 is 1.14 bits per heavy atom. The summed E-state index contributed by atoms with van der Waals surface area (Å²) in [6.45, 7) is 5.13. The molecule has 2 aromatic rings. The number of carbonyl (C=O) groups is 2. The number of fused-ring (bicyclic) bond motifs is 1. The third-order valence-electron chi connectivity index (χ3n) is 6.42. The molecule has 5 nitrogen and oxygen atoms in total. The zero-order valence-electron chi connectivity index (χ0n) is 17.2. The summed E-state index contributed by atoms with van der Waals surface area (Å²) in [5.74, 6) is 0.474. The van der Waals surface area contributed by atoms with Crippen LogP contribution in [0.1, 0.15) is 44.1 Å². The van der Waals surface area contributed by atoms with Gasteiger partial charge >= 0.3 is 0 Å². The van der Waals surface area contributed by atoms with Gasteiger partial charge in [0, 0.05) is 19.6 Å². The largest absolute Gasteiger partial charge is 0.354 e. The summed E-state index contributed by atoms with van der Waals surface area (Å²) in [6, 6.07) is 14.5. The first-order chi connectivity index (χ1) is 14.1. The Labute approximate surface area is 172 Å². The molecule has 0 radical (unpaired) electrons. The lowest BCUT2D eigenvalue weighted by Gasteiger charge is -2.34. The topological polar surface area (TPSA) is 61.4 Å². The van der Waals surface area contributed by atoms with E-state index in [-0.39, 0.29) is 23.8 Å². The fourth-order valence-electron chi connectivity index (χ4n) is 4.60. The number of piperidine rings is 1. The Morgan fingerprint density at radius 2 is 1.97 bits per heavy atom. The van der Waals surface area contributed by atoms with E-state index < -0.39 is 0 Å². The minimum atomic E-state index is -0.157. The van der Waals surface area contributed by atoms with Crippen molar-refractivity contribution in [3.63, 3.8) is 0 Å². The van der Waals surface area contributed by atoms with E-state index in [9.17, 15) is 9.59 Å². The normalized spacial score (nSPS) is 23.1. The average Bonchev–Trinajstić information content (AvgIpc) is 3.31. The summed E-state index contributed by atoms with van der Waals surface area (Å²) in [7, 11) is 0. The van der Waals surface area contributed by atoms with Gasteiger partial charge in [0.25, 0.3) is 0 Å². The molecule has 2 N–H and O–H groups in total. The Kier molecular flexibility index (Phi) is 6.14. The van der Waals surface area contributed by atoms with Crippen molar-refractivity contribution in [2.75, 3.05) is 26.2 Å². The highest BCUT2D eigenvalue weighted by Crippen LogP contribution is 2.25. The molecular weight excluding hydrogens is 362 g/mol. The number of hydrogen-bond acceptors (Lipinski definition) is 3. The summed E-state index contributed by atoms with van der Waals surface area (Å²) in [6.07, 6.45) is 4.05. The van der Waals surface area contributed by atoms with Gasteiger partial charge in [-0.1, -0.05) is 42.5 Å². The van der Waals surface area contributed by atoms with Crippen molar-refractivity contribution < 1.29 is 9.59 Å². The lowest BCUT2D eigenvalue weighted by atomic mass is 9.93. The molecule has 2 aliphatic heterocycles. The van der Waals surface area contributed by atoms with Gasteiger partial charge in [-0.25, -0.2) is 0 Å². The predicted octanol–water partition coefficient (Wildman–Crippen LogP) is 3.05. The second-order valence-corrected chi connectivity index (χ2v) is 8.51. The van der Waals surface area contributed by atoms with Crippen LogP contribution in [0.2, 0.25) is 0 Å². The maximum atomic E-state index is 13.2. The Hall–Kier alpha value is -2.40. The molecule has 2 heterocycles. The Bertz CT molecular complexity index is 875. The molecule has 3 atom stereocenters. The lowest BCUT2D eigenvalue weighted by Crippen LogP contribution is -2.47. The smallest absolute Gasteiger partial charge is 0.237 e. The van der Waals surface area contributed by atoms with E-state index in [0.717, 1.165) is 50.9 Å². The summed E-state index contributed by atoms with van der Waals surface area (Å²) >= 11 is 0. The summed E-state index contributed by atoms with van der Waals surface area (Å²) < 4.78 is 0. The number of amides is 2. The predicted molar refractivity (Wildman–Crippen MR) is 116 cm³/mol. The molecular formula is C24H31N3O2. The molecule has 2 aromatic carbocycles. The first-order valence-corrected chi connectivity index (χ1v) is 10.9. The molecule has 2 aliphatic rings. The first-order valence-electron chi connectivity index (χ1n) is 10.9. The second kappa shape index (κ2) is 8.95. The van der Waals surface area contributed by atoms with E-state index in [2.05, 4.69) is 41.0 Å². The van der Waals surface area contributed by atoms with Gasteiger partial charge in [-0.05, 0) is 61.4 Å². The van der Waals surface area contributed by atoms with Gasteiger partial charge < -0.3 is 15.5 Å². The van der Waals surface area contributed by atoms with Gasteiger partial charge in [0.05, 0.1) is 12.0 Å². The van der Waals surface area contributed by atoms with Gasteiger partial charge in [-0.3, -0.25) is 9.59 Å². The number of hydrogen-bond donors (Lipinski definition) is 2. The molecule has 0 spiro atoms. The van der Waals surface area contributed by atoms with Crippen molar-refractivity contribution in [3.8, 4) is 0 Å². The van der Waals surface area contributed by atoms with E-state index in [0.29, 0.717) is 12.5 Å². The van der Waals surface area contributed by atoms with E-state index in [4.69, 9.17) is 0 Å². The van der Waals surface area contributed by atoms with Crippen LogP contribution in [0.15, 0.2) is 42.5 Å². The fraction of sp³-hybridized carbons (Fsp3) is 0.500. The van der Waals surface area contributed by atoms with Crippen LogP contribution in [0, 0.1) is 5.92 Å². The molecule has 2 saturated heterocycles. The van der Waals surface area contributed by atoms with Crippen LogP contribution in [0.4, 0.5) is 0 Å². The third kappa shape index (κ3) is 4.61. The molecule has 4 rings (SSSR count). The van der Waals surface area contributed by atoms with E-state index in [1.165, 1.54) is 10.8 Å². The third-order valence-corrected chi connectivity index (χ3v) is 6.42. The number of likely N-dealkylation sites (tertiary alicyclic amines) is 1. The van der Waals surface area contributed by atoms with Crippen LogP contribution >= 0.6 is 0 Å². The lowest BCUT2D eigenvalue weighted by molar-refractivity contribution is -0.134. The SMILES string of the molecule is CC(C(=O)N1CCCC(CNC(=O)C2CCCN2)C1)c1ccc2ccccc2c1. The van der Waals surface area contributed by atoms with Gasteiger partial charge in [0.2, 0.25) is 11.8 Å². The van der Waals surface area contributed by atoms with Crippen LogP contribution in [-0.2, 0) is 9.59 Å². The van der Waals surface area contributed by atoms with Gasteiger partial charge in [-0.2, -0.15) is 0 Å². The van der Waals surface area contributed by atoms with Crippen molar-refractivity contribution in [1.29, 1.82) is 0 Å². The summed E-state index contributed by atoms with van der Waals surface area (Å²) in [4.78, 5) is 27.4. The van der Waals surface area contributed by atoms with E-state index in [1.54, 1.807) is 0 Å². The average molecular weight is 394 g/mol. The zero-order chi connectivity index (χ0) is 20.2. The van der Waals surface area contributed by atoms with Crippen molar-refractivity contribution >= 4 is 22.6 Å². The maximum absolute atomic E-state index is 13.2.